The number of nitrogens with one attached hydrogen (secondary N) is 2. The van der Waals surface area contributed by atoms with E-state index in [9.17, 15) is 4.79 Å². The second-order valence-corrected chi connectivity index (χ2v) is 6.94. The lowest BCUT2D eigenvalue weighted by Gasteiger charge is -2.07. The summed E-state index contributed by atoms with van der Waals surface area (Å²) in [7, 11) is 0. The van der Waals surface area contributed by atoms with Gasteiger partial charge in [-0.25, -0.2) is 0 Å². The Labute approximate surface area is 183 Å². The Hall–Kier alpha value is -3.37. The lowest BCUT2D eigenvalue weighted by atomic mass is 10.0. The van der Waals surface area contributed by atoms with Gasteiger partial charge in [-0.3, -0.25) is 9.79 Å². The van der Waals surface area contributed by atoms with Crippen molar-refractivity contribution in [3.8, 4) is 11.1 Å². The van der Waals surface area contributed by atoms with Crippen LogP contribution in [0.2, 0.25) is 0 Å². The number of nitrogens with zero attached hydrogens (tertiary/aromatic N) is 1. The number of amidine groups is 1. The van der Waals surface area contributed by atoms with Gasteiger partial charge in [0.1, 0.15) is 5.84 Å². The second-order valence-electron chi connectivity index (χ2n) is 6.94. The Kier molecular flexibility index (Phi) is 7.41. The quantitative estimate of drug-likeness (QED) is 0.594. The zero-order chi connectivity index (χ0) is 19.9. The van der Waals surface area contributed by atoms with E-state index < -0.39 is 0 Å². The number of hydrogen-bond donors (Lipinski definition) is 2. The highest BCUT2D eigenvalue weighted by Gasteiger charge is 2.05. The Morgan fingerprint density at radius 1 is 0.900 bits per heavy atom. The van der Waals surface area contributed by atoms with Gasteiger partial charge in [-0.15, -0.1) is 12.4 Å². The minimum atomic E-state index is -0.0229. The summed E-state index contributed by atoms with van der Waals surface area (Å²) in [6, 6.07) is 26.2. The van der Waals surface area contributed by atoms with Crippen LogP contribution in [0.5, 0.6) is 0 Å². The number of benzene rings is 3. The summed E-state index contributed by atoms with van der Waals surface area (Å²) in [5, 5.41) is 6.17. The van der Waals surface area contributed by atoms with E-state index in [1.807, 2.05) is 66.7 Å². The number of amides is 1. The molecule has 1 heterocycles. The molecule has 30 heavy (non-hydrogen) atoms. The van der Waals surface area contributed by atoms with Gasteiger partial charge in [0.15, 0.2) is 0 Å². The van der Waals surface area contributed by atoms with Crippen LogP contribution in [0.3, 0.4) is 0 Å². The monoisotopic (exact) mass is 417 g/mol. The van der Waals surface area contributed by atoms with E-state index in [2.05, 4.69) is 39.9 Å². The highest BCUT2D eigenvalue weighted by Crippen LogP contribution is 2.19. The van der Waals surface area contributed by atoms with Crippen LogP contribution in [0.1, 0.15) is 11.1 Å². The molecule has 1 aliphatic rings. The number of rotatable bonds is 6. The molecule has 0 saturated heterocycles. The molecule has 2 N–H and O–H groups in total. The molecular formula is C25H24ClN3O. The molecule has 0 saturated carbocycles. The largest absolute Gasteiger partial charge is 0.369 e. The van der Waals surface area contributed by atoms with Gasteiger partial charge in [0, 0.05) is 12.2 Å². The fourth-order valence-electron chi connectivity index (χ4n) is 3.22. The summed E-state index contributed by atoms with van der Waals surface area (Å²) in [6.07, 6.45) is 4.33. The third kappa shape index (κ3) is 5.82. The summed E-state index contributed by atoms with van der Waals surface area (Å²) in [4.78, 5) is 16.7. The number of halogens is 1. The standard InChI is InChI=1S/C25H23N3O.ClH/c29-25(18-20-6-11-22(12-7-20)21-4-2-1-3-5-21)28-23-13-8-19(9-14-23)10-15-24-26-16-17-27-24;/h1-15H,16-18H2,(H,26,27)(H,28,29);1H. The summed E-state index contributed by atoms with van der Waals surface area (Å²) in [5.41, 5.74) is 5.18. The van der Waals surface area contributed by atoms with Crippen molar-refractivity contribution in [3.05, 3.63) is 96.1 Å². The molecule has 0 atom stereocenters. The van der Waals surface area contributed by atoms with Gasteiger partial charge in [0.05, 0.1) is 13.0 Å². The number of aliphatic imine (C=N–C) groups is 1. The molecule has 0 bridgehead atoms. The first-order chi connectivity index (χ1) is 14.3. The number of carbonyl (C=O) groups is 1. The van der Waals surface area contributed by atoms with Crippen molar-refractivity contribution in [2.24, 2.45) is 4.99 Å². The maximum atomic E-state index is 12.4. The molecule has 1 amide bonds. The zero-order valence-corrected chi connectivity index (χ0v) is 17.4. The van der Waals surface area contributed by atoms with E-state index in [1.165, 1.54) is 5.56 Å². The van der Waals surface area contributed by atoms with E-state index in [-0.39, 0.29) is 18.3 Å². The summed E-state index contributed by atoms with van der Waals surface area (Å²) in [5.74, 6) is 0.894. The van der Waals surface area contributed by atoms with Gasteiger partial charge < -0.3 is 10.6 Å². The maximum absolute atomic E-state index is 12.4. The molecule has 3 aromatic rings. The highest BCUT2D eigenvalue weighted by molar-refractivity contribution is 5.97. The molecule has 0 aromatic heterocycles. The van der Waals surface area contributed by atoms with Crippen LogP contribution >= 0.6 is 12.4 Å². The van der Waals surface area contributed by atoms with Crippen molar-refractivity contribution >= 4 is 35.9 Å². The van der Waals surface area contributed by atoms with Gasteiger partial charge in [0.2, 0.25) is 5.91 Å². The summed E-state index contributed by atoms with van der Waals surface area (Å²) in [6.45, 7) is 1.74. The van der Waals surface area contributed by atoms with Crippen LogP contribution in [-0.4, -0.2) is 24.8 Å². The lowest BCUT2D eigenvalue weighted by molar-refractivity contribution is -0.115. The normalized spacial score (nSPS) is 12.7. The number of anilines is 1. The maximum Gasteiger partial charge on any atom is 0.228 e. The van der Waals surface area contributed by atoms with Crippen molar-refractivity contribution in [2.45, 2.75) is 6.42 Å². The predicted octanol–water partition coefficient (Wildman–Crippen LogP) is 4.97. The topological polar surface area (TPSA) is 53.5 Å². The van der Waals surface area contributed by atoms with E-state index in [4.69, 9.17) is 0 Å². The van der Waals surface area contributed by atoms with Crippen molar-refractivity contribution in [2.75, 3.05) is 18.4 Å². The Bertz CT molecular complexity index is 1030. The first kappa shape index (κ1) is 21.3. The predicted molar refractivity (Wildman–Crippen MR) is 127 cm³/mol. The third-order valence-electron chi connectivity index (χ3n) is 4.75. The van der Waals surface area contributed by atoms with E-state index in [0.29, 0.717) is 6.42 Å². The zero-order valence-electron chi connectivity index (χ0n) is 16.5. The van der Waals surface area contributed by atoms with Crippen molar-refractivity contribution in [1.82, 2.24) is 5.32 Å². The smallest absolute Gasteiger partial charge is 0.228 e. The average Bonchev–Trinajstić information content (AvgIpc) is 3.28. The number of hydrogen-bond acceptors (Lipinski definition) is 3. The fraction of sp³-hybridized carbons (Fsp3) is 0.120. The summed E-state index contributed by atoms with van der Waals surface area (Å²) < 4.78 is 0. The van der Waals surface area contributed by atoms with Crippen LogP contribution < -0.4 is 10.6 Å². The van der Waals surface area contributed by atoms with Gasteiger partial charge in [0.25, 0.3) is 0 Å². The van der Waals surface area contributed by atoms with Gasteiger partial charge >= 0.3 is 0 Å². The molecule has 5 heteroatoms. The second kappa shape index (κ2) is 10.4. The number of carbonyl (C=O) groups excluding carboxylic acids is 1. The van der Waals surface area contributed by atoms with Crippen molar-refractivity contribution in [1.29, 1.82) is 0 Å². The Morgan fingerprint density at radius 2 is 1.60 bits per heavy atom. The molecular weight excluding hydrogens is 394 g/mol. The SMILES string of the molecule is Cl.O=C(Cc1ccc(-c2ccccc2)cc1)Nc1ccc(C=CC2=NCCN2)cc1. The highest BCUT2D eigenvalue weighted by atomic mass is 35.5. The Balaban J connectivity index is 0.00000256. The molecule has 0 unspecified atom stereocenters. The van der Waals surface area contributed by atoms with Gasteiger partial charge in [-0.2, -0.15) is 0 Å². The van der Waals surface area contributed by atoms with Crippen LogP contribution in [0, 0.1) is 0 Å². The van der Waals surface area contributed by atoms with Crippen LogP contribution in [0.4, 0.5) is 5.69 Å². The first-order valence-corrected chi connectivity index (χ1v) is 9.77. The molecule has 1 aliphatic heterocycles. The van der Waals surface area contributed by atoms with Crippen LogP contribution in [0.15, 0.2) is 89.9 Å². The van der Waals surface area contributed by atoms with Gasteiger partial charge in [-0.05, 0) is 40.5 Å². The Morgan fingerprint density at radius 3 is 2.27 bits per heavy atom. The average molecular weight is 418 g/mol. The van der Waals surface area contributed by atoms with E-state index in [1.54, 1.807) is 0 Å². The van der Waals surface area contributed by atoms with E-state index in [0.717, 1.165) is 41.3 Å². The third-order valence-corrected chi connectivity index (χ3v) is 4.75. The summed E-state index contributed by atoms with van der Waals surface area (Å²) >= 11 is 0. The molecule has 4 rings (SSSR count). The minimum Gasteiger partial charge on any atom is -0.369 e. The van der Waals surface area contributed by atoms with Crippen molar-refractivity contribution in [3.63, 3.8) is 0 Å². The van der Waals surface area contributed by atoms with Gasteiger partial charge in [-0.1, -0.05) is 72.8 Å². The molecule has 4 nitrogen and oxygen atoms in total. The fourth-order valence-corrected chi connectivity index (χ4v) is 3.22. The molecule has 152 valence electrons. The molecule has 0 radical (unpaired) electrons. The van der Waals surface area contributed by atoms with Crippen LogP contribution in [-0.2, 0) is 11.2 Å². The lowest BCUT2D eigenvalue weighted by Crippen LogP contribution is -2.15. The van der Waals surface area contributed by atoms with E-state index >= 15 is 0 Å². The van der Waals surface area contributed by atoms with Crippen molar-refractivity contribution < 1.29 is 4.79 Å². The minimum absolute atomic E-state index is 0. The van der Waals surface area contributed by atoms with Crippen LogP contribution in [0.25, 0.3) is 17.2 Å². The first-order valence-electron chi connectivity index (χ1n) is 9.77. The molecule has 0 spiro atoms. The molecule has 0 fully saturated rings. The molecule has 0 aliphatic carbocycles. The molecule has 3 aromatic carbocycles.